The summed E-state index contributed by atoms with van der Waals surface area (Å²) >= 11 is 1.72. The van der Waals surface area contributed by atoms with Crippen LogP contribution in [0.2, 0.25) is 0 Å². The summed E-state index contributed by atoms with van der Waals surface area (Å²) in [6.07, 6.45) is 2.66. The van der Waals surface area contributed by atoms with Crippen LogP contribution in [0, 0.1) is 6.92 Å². The third-order valence-corrected chi connectivity index (χ3v) is 5.03. The fourth-order valence-electron chi connectivity index (χ4n) is 2.96. The molecule has 0 aromatic carbocycles. The van der Waals surface area contributed by atoms with Gasteiger partial charge < -0.3 is 4.98 Å². The Labute approximate surface area is 131 Å². The predicted octanol–water partition coefficient (Wildman–Crippen LogP) is 2.25. The molecule has 5 nitrogen and oxygen atoms in total. The van der Waals surface area contributed by atoms with Crippen LogP contribution in [0.15, 0.2) is 29.2 Å². The van der Waals surface area contributed by atoms with Crippen LogP contribution < -0.4 is 5.56 Å². The number of aryl methyl sites for hydroxylation is 1. The maximum absolute atomic E-state index is 12.1. The van der Waals surface area contributed by atoms with Gasteiger partial charge in [0.2, 0.25) is 0 Å². The number of aromatic amines is 1. The molecule has 0 radical (unpaired) electrons. The summed E-state index contributed by atoms with van der Waals surface area (Å²) in [7, 11) is 0. The van der Waals surface area contributed by atoms with Crippen LogP contribution in [-0.4, -0.2) is 26.4 Å². The SMILES string of the molecule is Cc1nc2c(c(=O)[nH]1)CN(Cc1cc3cccnc3s1)CC2. The molecule has 0 aliphatic carbocycles. The number of hydrogen-bond acceptors (Lipinski definition) is 5. The maximum Gasteiger partial charge on any atom is 0.255 e. The van der Waals surface area contributed by atoms with E-state index in [9.17, 15) is 4.79 Å². The highest BCUT2D eigenvalue weighted by molar-refractivity contribution is 7.18. The number of rotatable bonds is 2. The van der Waals surface area contributed by atoms with Gasteiger partial charge >= 0.3 is 0 Å². The fourth-order valence-corrected chi connectivity index (χ4v) is 4.00. The van der Waals surface area contributed by atoms with E-state index >= 15 is 0 Å². The van der Waals surface area contributed by atoms with Gasteiger partial charge in [-0.3, -0.25) is 9.69 Å². The third kappa shape index (κ3) is 2.44. The molecule has 0 saturated carbocycles. The van der Waals surface area contributed by atoms with E-state index in [2.05, 4.69) is 32.0 Å². The van der Waals surface area contributed by atoms with Crippen molar-refractivity contribution in [1.82, 2.24) is 19.9 Å². The fraction of sp³-hybridized carbons (Fsp3) is 0.312. The van der Waals surface area contributed by atoms with E-state index in [4.69, 9.17) is 0 Å². The first-order valence-corrected chi connectivity index (χ1v) is 8.15. The Bertz CT molecular complexity index is 866. The Morgan fingerprint density at radius 3 is 3.23 bits per heavy atom. The third-order valence-electron chi connectivity index (χ3n) is 3.99. The number of pyridine rings is 1. The van der Waals surface area contributed by atoms with Crippen LogP contribution in [0.1, 0.15) is 22.0 Å². The van der Waals surface area contributed by atoms with Crippen LogP contribution >= 0.6 is 11.3 Å². The van der Waals surface area contributed by atoms with Gasteiger partial charge in [0.05, 0.1) is 11.3 Å². The van der Waals surface area contributed by atoms with E-state index in [1.807, 2.05) is 19.2 Å². The molecule has 112 valence electrons. The van der Waals surface area contributed by atoms with Crippen LogP contribution in [0.25, 0.3) is 10.2 Å². The van der Waals surface area contributed by atoms with Gasteiger partial charge in [0.25, 0.3) is 5.56 Å². The van der Waals surface area contributed by atoms with Gasteiger partial charge in [-0.1, -0.05) is 6.07 Å². The topological polar surface area (TPSA) is 61.9 Å². The van der Waals surface area contributed by atoms with Gasteiger partial charge in [-0.05, 0) is 19.1 Å². The molecule has 3 aromatic rings. The minimum atomic E-state index is 0.00482. The molecule has 0 amide bonds. The van der Waals surface area contributed by atoms with Gasteiger partial charge in [-0.2, -0.15) is 0 Å². The summed E-state index contributed by atoms with van der Waals surface area (Å²) in [5.41, 5.74) is 1.77. The number of nitrogens with zero attached hydrogens (tertiary/aromatic N) is 3. The Morgan fingerprint density at radius 1 is 1.45 bits per heavy atom. The minimum absolute atomic E-state index is 0.00482. The van der Waals surface area contributed by atoms with Crippen LogP contribution in [-0.2, 0) is 19.5 Å². The average molecular weight is 312 g/mol. The van der Waals surface area contributed by atoms with Crippen LogP contribution in [0.5, 0.6) is 0 Å². The number of aromatic nitrogens is 3. The molecule has 0 unspecified atom stereocenters. The standard InChI is InChI=1S/C16H16N4OS/c1-10-18-14-4-6-20(9-13(14)15(21)19-10)8-12-7-11-3-2-5-17-16(11)22-12/h2-3,5,7H,4,6,8-9H2,1H3,(H,18,19,21). The molecule has 1 N–H and O–H groups in total. The average Bonchev–Trinajstić information content (AvgIpc) is 2.90. The van der Waals surface area contributed by atoms with Gasteiger partial charge in [0.1, 0.15) is 10.7 Å². The van der Waals surface area contributed by atoms with Crippen molar-refractivity contribution >= 4 is 21.6 Å². The summed E-state index contributed by atoms with van der Waals surface area (Å²) in [5.74, 6) is 0.702. The summed E-state index contributed by atoms with van der Waals surface area (Å²) in [5, 5.41) is 1.19. The van der Waals surface area contributed by atoms with Crippen molar-refractivity contribution in [2.45, 2.75) is 26.4 Å². The minimum Gasteiger partial charge on any atom is -0.310 e. The van der Waals surface area contributed by atoms with Gasteiger partial charge in [0.15, 0.2) is 0 Å². The molecule has 0 spiro atoms. The molecule has 3 aromatic heterocycles. The zero-order valence-electron chi connectivity index (χ0n) is 12.3. The van der Waals surface area contributed by atoms with Crippen LogP contribution in [0.3, 0.4) is 0 Å². The normalized spacial score (nSPS) is 15.1. The summed E-state index contributed by atoms with van der Waals surface area (Å²) in [6, 6.07) is 6.24. The van der Waals surface area contributed by atoms with Crippen molar-refractivity contribution in [3.8, 4) is 0 Å². The second-order valence-electron chi connectivity index (χ2n) is 5.65. The number of nitrogens with one attached hydrogen (secondary N) is 1. The van der Waals surface area contributed by atoms with Crippen molar-refractivity contribution in [3.63, 3.8) is 0 Å². The summed E-state index contributed by atoms with van der Waals surface area (Å²) < 4.78 is 0. The molecule has 22 heavy (non-hydrogen) atoms. The van der Waals surface area contributed by atoms with Gasteiger partial charge in [0, 0.05) is 42.5 Å². The lowest BCUT2D eigenvalue weighted by atomic mass is 10.1. The summed E-state index contributed by atoms with van der Waals surface area (Å²) in [4.78, 5) is 28.4. The van der Waals surface area contributed by atoms with Crippen LogP contribution in [0.4, 0.5) is 0 Å². The maximum atomic E-state index is 12.1. The smallest absolute Gasteiger partial charge is 0.255 e. The van der Waals surface area contributed by atoms with Gasteiger partial charge in [-0.15, -0.1) is 11.3 Å². The van der Waals surface area contributed by atoms with E-state index in [0.29, 0.717) is 12.4 Å². The van der Waals surface area contributed by atoms with E-state index < -0.39 is 0 Å². The number of hydrogen-bond donors (Lipinski definition) is 1. The largest absolute Gasteiger partial charge is 0.310 e. The quantitative estimate of drug-likeness (QED) is 0.788. The molecule has 6 heteroatoms. The van der Waals surface area contributed by atoms with E-state index in [1.165, 1.54) is 10.3 Å². The first kappa shape index (κ1) is 13.6. The highest BCUT2D eigenvalue weighted by Crippen LogP contribution is 2.25. The molecule has 1 aliphatic rings. The molecule has 0 bridgehead atoms. The van der Waals surface area contributed by atoms with Crippen molar-refractivity contribution in [2.24, 2.45) is 0 Å². The Balaban J connectivity index is 1.58. The first-order chi connectivity index (χ1) is 10.7. The first-order valence-electron chi connectivity index (χ1n) is 7.33. The molecule has 4 rings (SSSR count). The van der Waals surface area contributed by atoms with E-state index in [0.717, 1.165) is 35.6 Å². The Hall–Kier alpha value is -2.05. The molecule has 4 heterocycles. The van der Waals surface area contributed by atoms with Crippen molar-refractivity contribution in [2.75, 3.05) is 6.54 Å². The number of thiophene rings is 1. The second kappa shape index (κ2) is 5.30. The Kier molecular flexibility index (Phi) is 3.28. The number of H-pyrrole nitrogens is 1. The lowest BCUT2D eigenvalue weighted by Gasteiger charge is -2.27. The highest BCUT2D eigenvalue weighted by atomic mass is 32.1. The molecular formula is C16H16N4OS. The van der Waals surface area contributed by atoms with Crippen molar-refractivity contribution in [1.29, 1.82) is 0 Å². The zero-order valence-corrected chi connectivity index (χ0v) is 13.1. The molecule has 1 aliphatic heterocycles. The lowest BCUT2D eigenvalue weighted by Crippen LogP contribution is -2.35. The highest BCUT2D eigenvalue weighted by Gasteiger charge is 2.21. The van der Waals surface area contributed by atoms with Gasteiger partial charge in [-0.25, -0.2) is 9.97 Å². The monoisotopic (exact) mass is 312 g/mol. The summed E-state index contributed by atoms with van der Waals surface area (Å²) in [6.45, 7) is 4.29. The van der Waals surface area contributed by atoms with E-state index in [-0.39, 0.29) is 5.56 Å². The molecule has 0 saturated heterocycles. The van der Waals surface area contributed by atoms with Crippen molar-refractivity contribution in [3.05, 3.63) is 56.7 Å². The molecule has 0 fully saturated rings. The Morgan fingerprint density at radius 2 is 2.36 bits per heavy atom. The molecule has 0 atom stereocenters. The second-order valence-corrected chi connectivity index (χ2v) is 6.76. The zero-order chi connectivity index (χ0) is 15.1. The number of fused-ring (bicyclic) bond motifs is 2. The van der Waals surface area contributed by atoms with E-state index in [1.54, 1.807) is 11.3 Å². The predicted molar refractivity (Wildman–Crippen MR) is 87.0 cm³/mol. The molecular weight excluding hydrogens is 296 g/mol. The van der Waals surface area contributed by atoms with Crippen molar-refractivity contribution < 1.29 is 0 Å². The lowest BCUT2D eigenvalue weighted by molar-refractivity contribution is 0.243.